The molecule has 1 aromatic rings. The van der Waals surface area contributed by atoms with Crippen LogP contribution < -0.4 is 0 Å². The normalized spacial score (nSPS) is 20.2. The van der Waals surface area contributed by atoms with E-state index in [2.05, 4.69) is 40.1 Å². The zero-order valence-corrected chi connectivity index (χ0v) is 12.7. The molecule has 0 radical (unpaired) electrons. The van der Waals surface area contributed by atoms with Crippen molar-refractivity contribution >= 4 is 34.4 Å². The summed E-state index contributed by atoms with van der Waals surface area (Å²) in [6.45, 7) is 0. The average molecular weight is 360 g/mol. The number of rotatable bonds is 3. The summed E-state index contributed by atoms with van der Waals surface area (Å²) in [5, 5.41) is 12.6. The van der Waals surface area contributed by atoms with Crippen LogP contribution >= 0.6 is 34.4 Å². The molecule has 0 saturated heterocycles. The Morgan fingerprint density at radius 3 is 2.47 bits per heavy atom. The van der Waals surface area contributed by atoms with Crippen LogP contribution in [0.1, 0.15) is 32.1 Å². The highest BCUT2D eigenvalue weighted by Crippen LogP contribution is 2.39. The first-order chi connectivity index (χ1) is 8.21. The molecule has 17 heavy (non-hydrogen) atoms. The van der Waals surface area contributed by atoms with E-state index in [-0.39, 0.29) is 0 Å². The van der Waals surface area contributed by atoms with Gasteiger partial charge >= 0.3 is 0 Å². The number of aliphatic hydroxyl groups is 1. The quantitative estimate of drug-likeness (QED) is 0.620. The molecule has 92 valence electrons. The molecular weight excluding hydrogens is 343 g/mol. The van der Waals surface area contributed by atoms with E-state index in [4.69, 9.17) is 0 Å². The summed E-state index contributed by atoms with van der Waals surface area (Å²) in [4.78, 5) is 1.22. The van der Waals surface area contributed by atoms with Crippen LogP contribution in [0.5, 0.6) is 0 Å². The topological polar surface area (TPSA) is 20.2 Å². The van der Waals surface area contributed by atoms with Gasteiger partial charge in [-0.1, -0.05) is 49.2 Å². The Hall–Kier alpha value is -0.000000000000000111. The second-order valence-electron chi connectivity index (χ2n) is 4.49. The van der Waals surface area contributed by atoms with Crippen molar-refractivity contribution in [2.45, 2.75) is 42.6 Å². The molecule has 0 heterocycles. The van der Waals surface area contributed by atoms with E-state index in [1.807, 2.05) is 18.2 Å². The first-order valence-electron chi connectivity index (χ1n) is 6.01. The van der Waals surface area contributed by atoms with Gasteiger partial charge in [0.1, 0.15) is 0 Å². The molecule has 0 bridgehead atoms. The molecule has 2 rings (SSSR count). The lowest BCUT2D eigenvalue weighted by Gasteiger charge is -2.31. The Balaban J connectivity index is 2.01. The molecule has 1 N–H and O–H groups in total. The van der Waals surface area contributed by atoms with Crippen LogP contribution in [0.4, 0.5) is 0 Å². The molecule has 1 saturated carbocycles. The minimum absolute atomic E-state index is 0.555. The third-order valence-corrected chi connectivity index (χ3v) is 5.80. The highest BCUT2D eigenvalue weighted by molar-refractivity contribution is 14.1. The fourth-order valence-corrected chi connectivity index (χ4v) is 3.80. The van der Waals surface area contributed by atoms with E-state index in [0.29, 0.717) is 0 Å². The van der Waals surface area contributed by atoms with Crippen molar-refractivity contribution in [3.63, 3.8) is 0 Å². The van der Waals surface area contributed by atoms with E-state index >= 15 is 0 Å². The number of thioether (sulfide) groups is 1. The third-order valence-electron chi connectivity index (χ3n) is 3.17. The molecule has 1 nitrogen and oxygen atoms in total. The van der Waals surface area contributed by atoms with Gasteiger partial charge in [0.05, 0.1) is 5.60 Å². The average Bonchev–Trinajstić information content (AvgIpc) is 2.38. The van der Waals surface area contributed by atoms with Gasteiger partial charge in [0.15, 0.2) is 0 Å². The van der Waals surface area contributed by atoms with Crippen LogP contribution in [-0.4, -0.2) is 10.7 Å². The summed E-state index contributed by atoms with van der Waals surface area (Å²) in [5.74, 6) is 0. The zero-order chi connectivity index (χ0) is 12.1. The minimum Gasteiger partial charge on any atom is -0.385 e. The van der Waals surface area contributed by atoms with Crippen molar-refractivity contribution in [3.05, 3.63) is 39.3 Å². The maximum Gasteiger partial charge on any atom is 0.0958 e. The van der Waals surface area contributed by atoms with Crippen molar-refractivity contribution in [1.29, 1.82) is 0 Å². The zero-order valence-electron chi connectivity index (χ0n) is 9.73. The molecule has 0 aliphatic heterocycles. The molecule has 3 heteroatoms. The molecule has 1 aromatic carbocycles. The van der Waals surface area contributed by atoms with Crippen LogP contribution in [0.15, 0.2) is 44.2 Å². The highest BCUT2D eigenvalue weighted by atomic mass is 127. The number of halogens is 1. The van der Waals surface area contributed by atoms with Crippen LogP contribution in [0.2, 0.25) is 0 Å². The molecule has 0 atom stereocenters. The molecule has 0 aromatic heterocycles. The van der Waals surface area contributed by atoms with Crippen LogP contribution in [-0.2, 0) is 0 Å². The van der Waals surface area contributed by atoms with Gasteiger partial charge in [-0.25, -0.2) is 0 Å². The lowest BCUT2D eigenvalue weighted by molar-refractivity contribution is 0.0497. The Morgan fingerprint density at radius 1 is 1.18 bits per heavy atom. The van der Waals surface area contributed by atoms with E-state index in [9.17, 15) is 5.11 Å². The van der Waals surface area contributed by atoms with Gasteiger partial charge in [-0.15, -0.1) is 0 Å². The molecule has 1 aliphatic rings. The Labute approximate surface area is 121 Å². The molecular formula is C14H17IOS. The summed E-state index contributed by atoms with van der Waals surface area (Å²) < 4.78 is 1.09. The second kappa shape index (κ2) is 6.25. The fourth-order valence-electron chi connectivity index (χ4n) is 2.10. The maximum atomic E-state index is 10.5. The summed E-state index contributed by atoms with van der Waals surface area (Å²) in [6, 6.07) is 10.3. The smallest absolute Gasteiger partial charge is 0.0958 e. The monoisotopic (exact) mass is 360 g/mol. The Bertz CT molecular complexity index is 382. The van der Waals surface area contributed by atoms with Crippen molar-refractivity contribution in [2.24, 2.45) is 0 Å². The van der Waals surface area contributed by atoms with Gasteiger partial charge in [-0.05, 0) is 53.0 Å². The number of hydrogen-bond acceptors (Lipinski definition) is 2. The number of benzene rings is 1. The lowest BCUT2D eigenvalue weighted by atomic mass is 9.85. The van der Waals surface area contributed by atoms with Crippen molar-refractivity contribution in [1.82, 2.24) is 0 Å². The summed E-state index contributed by atoms with van der Waals surface area (Å²) in [5.41, 5.74) is -0.555. The standard InChI is InChI=1S/C14H17IOS/c15-13(14(16)9-5-2-6-10-14)11-17-12-7-3-1-4-8-12/h1,3-4,7-8,11,16H,2,5-6,9-10H2/b13-11+. The van der Waals surface area contributed by atoms with Crippen molar-refractivity contribution in [2.75, 3.05) is 0 Å². The third kappa shape index (κ3) is 3.73. The second-order valence-corrected chi connectivity index (χ2v) is 6.59. The maximum absolute atomic E-state index is 10.5. The fraction of sp³-hybridized carbons (Fsp3) is 0.429. The first-order valence-corrected chi connectivity index (χ1v) is 7.97. The number of hydrogen-bond donors (Lipinski definition) is 1. The van der Waals surface area contributed by atoms with Crippen LogP contribution in [0.25, 0.3) is 0 Å². The van der Waals surface area contributed by atoms with Crippen molar-refractivity contribution in [3.8, 4) is 0 Å². The van der Waals surface area contributed by atoms with Gasteiger partial charge in [0.2, 0.25) is 0 Å². The van der Waals surface area contributed by atoms with E-state index in [1.54, 1.807) is 11.8 Å². The summed E-state index contributed by atoms with van der Waals surface area (Å²) in [6.07, 6.45) is 5.38. The highest BCUT2D eigenvalue weighted by Gasteiger charge is 2.31. The minimum atomic E-state index is -0.555. The molecule has 1 aliphatic carbocycles. The van der Waals surface area contributed by atoms with E-state index in [0.717, 1.165) is 29.3 Å². The largest absolute Gasteiger partial charge is 0.385 e. The lowest BCUT2D eigenvalue weighted by Crippen LogP contribution is -2.31. The Morgan fingerprint density at radius 2 is 1.82 bits per heavy atom. The van der Waals surface area contributed by atoms with Crippen molar-refractivity contribution < 1.29 is 5.11 Å². The molecule has 1 fully saturated rings. The van der Waals surface area contributed by atoms with E-state index < -0.39 is 5.60 Å². The summed E-state index contributed by atoms with van der Waals surface area (Å²) in [7, 11) is 0. The Kier molecular flexibility index (Phi) is 4.94. The van der Waals surface area contributed by atoms with E-state index in [1.165, 1.54) is 11.3 Å². The first kappa shape index (κ1) is 13.4. The SMILES string of the molecule is OC1(/C(I)=C\Sc2ccccc2)CCCCC1. The van der Waals surface area contributed by atoms with Crippen LogP contribution in [0, 0.1) is 0 Å². The summed E-state index contributed by atoms with van der Waals surface area (Å²) >= 11 is 3.99. The van der Waals surface area contributed by atoms with Gasteiger partial charge in [-0.2, -0.15) is 0 Å². The van der Waals surface area contributed by atoms with Crippen LogP contribution in [0.3, 0.4) is 0 Å². The molecule has 0 spiro atoms. The predicted octanol–water partition coefficient (Wildman–Crippen LogP) is 4.75. The van der Waals surface area contributed by atoms with Gasteiger partial charge in [0, 0.05) is 8.48 Å². The predicted molar refractivity (Wildman–Crippen MR) is 82.4 cm³/mol. The molecule has 0 amide bonds. The van der Waals surface area contributed by atoms with Gasteiger partial charge < -0.3 is 5.11 Å². The van der Waals surface area contributed by atoms with Gasteiger partial charge in [-0.3, -0.25) is 0 Å². The van der Waals surface area contributed by atoms with Gasteiger partial charge in [0.25, 0.3) is 0 Å². The molecule has 0 unspecified atom stereocenters.